The highest BCUT2D eigenvalue weighted by atomic mass is 16.5. The highest BCUT2D eigenvalue weighted by molar-refractivity contribution is 5.69. The number of hydrogen-bond acceptors (Lipinski definition) is 3. The number of ether oxygens (including phenoxy) is 1. The summed E-state index contributed by atoms with van der Waals surface area (Å²) in [7, 11) is 3.48. The van der Waals surface area contributed by atoms with Crippen LogP contribution in [-0.2, 0) is 6.42 Å². The van der Waals surface area contributed by atoms with Gasteiger partial charge in [-0.1, -0.05) is 12.1 Å². The van der Waals surface area contributed by atoms with Crippen molar-refractivity contribution in [2.24, 2.45) is 0 Å². The van der Waals surface area contributed by atoms with Gasteiger partial charge in [-0.25, -0.2) is 4.79 Å². The second-order valence-corrected chi connectivity index (χ2v) is 3.49. The molecule has 1 aromatic carbocycles. The van der Waals surface area contributed by atoms with E-state index in [0.717, 1.165) is 19.4 Å². The summed E-state index contributed by atoms with van der Waals surface area (Å²) in [6, 6.07) is 7.60. The summed E-state index contributed by atoms with van der Waals surface area (Å²) < 4.78 is 5.04. The molecule has 16 heavy (non-hydrogen) atoms. The van der Waals surface area contributed by atoms with Gasteiger partial charge in [0.15, 0.2) is 0 Å². The first kappa shape index (κ1) is 12.5. The zero-order chi connectivity index (χ0) is 11.8. The van der Waals surface area contributed by atoms with Crippen LogP contribution in [0.2, 0.25) is 0 Å². The Bertz CT molecular complexity index is 340. The third-order valence-corrected chi connectivity index (χ3v) is 2.21. The Morgan fingerprint density at radius 1 is 1.38 bits per heavy atom. The molecule has 0 saturated carbocycles. The van der Waals surface area contributed by atoms with Gasteiger partial charge in [-0.3, -0.25) is 0 Å². The van der Waals surface area contributed by atoms with Gasteiger partial charge in [0.25, 0.3) is 0 Å². The van der Waals surface area contributed by atoms with Crippen LogP contribution in [0.15, 0.2) is 24.3 Å². The number of hydrogen-bond donors (Lipinski definition) is 2. The molecule has 1 amide bonds. The van der Waals surface area contributed by atoms with Gasteiger partial charge in [-0.15, -0.1) is 0 Å². The van der Waals surface area contributed by atoms with Gasteiger partial charge in [-0.05, 0) is 44.1 Å². The van der Waals surface area contributed by atoms with Crippen molar-refractivity contribution < 1.29 is 9.53 Å². The number of carbonyl (C=O) groups is 1. The third kappa shape index (κ3) is 4.31. The highest BCUT2D eigenvalue weighted by Gasteiger charge is 2.01. The summed E-state index contributed by atoms with van der Waals surface area (Å²) in [6.07, 6.45) is 1.61. The first-order valence-corrected chi connectivity index (χ1v) is 5.39. The molecule has 0 spiro atoms. The van der Waals surface area contributed by atoms with Gasteiger partial charge in [0.05, 0.1) is 0 Å². The maximum absolute atomic E-state index is 11.0. The summed E-state index contributed by atoms with van der Waals surface area (Å²) in [5.74, 6) is 0.585. The Hall–Kier alpha value is -1.55. The molecule has 0 bridgehead atoms. The van der Waals surface area contributed by atoms with Crippen LogP contribution in [0.25, 0.3) is 0 Å². The largest absolute Gasteiger partial charge is 0.412 e. The Labute approximate surface area is 96.0 Å². The number of amides is 1. The Morgan fingerprint density at radius 3 is 2.88 bits per heavy atom. The van der Waals surface area contributed by atoms with Crippen LogP contribution in [0.5, 0.6) is 5.75 Å². The van der Waals surface area contributed by atoms with E-state index in [-0.39, 0.29) is 0 Å². The van der Waals surface area contributed by atoms with E-state index in [1.807, 2.05) is 25.2 Å². The molecule has 0 saturated heterocycles. The minimum Gasteiger partial charge on any atom is -0.410 e. The van der Waals surface area contributed by atoms with E-state index < -0.39 is 6.09 Å². The van der Waals surface area contributed by atoms with Crippen molar-refractivity contribution in [1.29, 1.82) is 0 Å². The maximum atomic E-state index is 11.0. The monoisotopic (exact) mass is 222 g/mol. The van der Waals surface area contributed by atoms with Crippen LogP contribution in [0.1, 0.15) is 12.0 Å². The molecule has 88 valence electrons. The van der Waals surface area contributed by atoms with Gasteiger partial charge in [0.2, 0.25) is 0 Å². The maximum Gasteiger partial charge on any atom is 0.412 e. The first-order chi connectivity index (χ1) is 7.76. The molecule has 4 heteroatoms. The van der Waals surface area contributed by atoms with Crippen molar-refractivity contribution >= 4 is 6.09 Å². The van der Waals surface area contributed by atoms with Gasteiger partial charge in [-0.2, -0.15) is 0 Å². The molecule has 0 unspecified atom stereocenters. The van der Waals surface area contributed by atoms with Crippen molar-refractivity contribution in [2.75, 3.05) is 20.6 Å². The summed E-state index contributed by atoms with van der Waals surface area (Å²) in [4.78, 5) is 11.0. The number of nitrogens with one attached hydrogen (secondary N) is 2. The fraction of sp³-hybridized carbons (Fsp3) is 0.417. The molecule has 2 N–H and O–H groups in total. The van der Waals surface area contributed by atoms with E-state index in [4.69, 9.17) is 4.74 Å². The van der Waals surface area contributed by atoms with Crippen LogP contribution >= 0.6 is 0 Å². The normalized spacial score (nSPS) is 9.88. The molecule has 1 aromatic rings. The molecular formula is C12H18N2O2. The van der Waals surface area contributed by atoms with E-state index in [9.17, 15) is 4.79 Å². The van der Waals surface area contributed by atoms with Gasteiger partial charge in [0, 0.05) is 7.05 Å². The fourth-order valence-corrected chi connectivity index (χ4v) is 1.39. The zero-order valence-corrected chi connectivity index (χ0v) is 9.75. The number of rotatable bonds is 5. The topological polar surface area (TPSA) is 50.4 Å². The molecule has 0 fully saturated rings. The molecule has 0 heterocycles. The van der Waals surface area contributed by atoms with Crippen LogP contribution in [0.4, 0.5) is 4.79 Å². The molecule has 0 aliphatic carbocycles. The number of carbonyl (C=O) groups excluding carboxylic acids is 1. The molecule has 0 atom stereocenters. The molecule has 0 radical (unpaired) electrons. The van der Waals surface area contributed by atoms with E-state index in [1.54, 1.807) is 13.1 Å². The Kier molecular flexibility index (Phi) is 5.36. The lowest BCUT2D eigenvalue weighted by molar-refractivity contribution is 0.203. The van der Waals surface area contributed by atoms with E-state index in [1.165, 1.54) is 5.56 Å². The minimum absolute atomic E-state index is 0.438. The third-order valence-electron chi connectivity index (χ3n) is 2.21. The summed E-state index contributed by atoms with van der Waals surface area (Å²) in [6.45, 7) is 0.987. The minimum atomic E-state index is -0.438. The van der Waals surface area contributed by atoms with Crippen LogP contribution in [-0.4, -0.2) is 26.7 Å². The van der Waals surface area contributed by atoms with E-state index in [2.05, 4.69) is 10.6 Å². The predicted molar refractivity (Wildman–Crippen MR) is 63.8 cm³/mol. The van der Waals surface area contributed by atoms with Crippen molar-refractivity contribution in [3.63, 3.8) is 0 Å². The van der Waals surface area contributed by atoms with Gasteiger partial charge < -0.3 is 15.4 Å². The first-order valence-electron chi connectivity index (χ1n) is 5.39. The van der Waals surface area contributed by atoms with Crippen molar-refractivity contribution in [1.82, 2.24) is 10.6 Å². The van der Waals surface area contributed by atoms with Crippen LogP contribution in [0.3, 0.4) is 0 Å². The predicted octanol–water partition coefficient (Wildman–Crippen LogP) is 1.56. The smallest absolute Gasteiger partial charge is 0.410 e. The van der Waals surface area contributed by atoms with Gasteiger partial charge in [0.1, 0.15) is 5.75 Å². The molecule has 0 aromatic heterocycles. The second kappa shape index (κ2) is 6.85. The second-order valence-electron chi connectivity index (χ2n) is 3.49. The average Bonchev–Trinajstić information content (AvgIpc) is 2.30. The zero-order valence-electron chi connectivity index (χ0n) is 9.75. The average molecular weight is 222 g/mol. The Morgan fingerprint density at radius 2 is 2.19 bits per heavy atom. The molecule has 1 rings (SSSR count). The lowest BCUT2D eigenvalue weighted by atomic mass is 10.1. The van der Waals surface area contributed by atoms with Crippen LogP contribution in [0, 0.1) is 0 Å². The van der Waals surface area contributed by atoms with Crippen molar-refractivity contribution in [3.8, 4) is 5.75 Å². The summed E-state index contributed by atoms with van der Waals surface area (Å²) in [5.41, 5.74) is 1.18. The van der Waals surface area contributed by atoms with Gasteiger partial charge >= 0.3 is 6.09 Å². The lowest BCUT2D eigenvalue weighted by Crippen LogP contribution is -2.22. The van der Waals surface area contributed by atoms with E-state index in [0.29, 0.717) is 5.75 Å². The lowest BCUT2D eigenvalue weighted by Gasteiger charge is -2.06. The molecular weight excluding hydrogens is 204 g/mol. The molecule has 0 aliphatic rings. The number of benzene rings is 1. The molecule has 4 nitrogen and oxygen atoms in total. The SMILES string of the molecule is CNCCCc1cccc(OC(=O)NC)c1. The Balaban J connectivity index is 2.53. The van der Waals surface area contributed by atoms with Crippen LogP contribution < -0.4 is 15.4 Å². The number of aryl methyl sites for hydroxylation is 1. The van der Waals surface area contributed by atoms with Crippen molar-refractivity contribution in [3.05, 3.63) is 29.8 Å². The highest BCUT2D eigenvalue weighted by Crippen LogP contribution is 2.14. The van der Waals surface area contributed by atoms with E-state index >= 15 is 0 Å². The molecule has 0 aliphatic heterocycles. The summed E-state index contributed by atoms with van der Waals surface area (Å²) >= 11 is 0. The van der Waals surface area contributed by atoms with Crippen molar-refractivity contribution in [2.45, 2.75) is 12.8 Å². The standard InChI is InChI=1S/C12H18N2O2/c1-13-8-4-6-10-5-3-7-11(9-10)16-12(15)14-2/h3,5,7,9,13H,4,6,8H2,1-2H3,(H,14,15). The quantitative estimate of drug-likeness (QED) is 0.743. The fourth-order valence-electron chi connectivity index (χ4n) is 1.39. The summed E-state index contributed by atoms with van der Waals surface area (Å²) in [5, 5.41) is 5.51.